The molecule has 51 heavy (non-hydrogen) atoms. The zero-order valence-corrected chi connectivity index (χ0v) is 30.8. The minimum atomic E-state index is -1.86. The third kappa shape index (κ3) is 16.9. The lowest BCUT2D eigenvalue weighted by atomic mass is 9.97. The zero-order valence-electron chi connectivity index (χ0n) is 30.8. The van der Waals surface area contributed by atoms with Gasteiger partial charge in [-0.15, -0.1) is 0 Å². The van der Waals surface area contributed by atoms with Crippen LogP contribution in [-0.2, 0) is 52.3 Å². The normalized spacial score (nSPS) is 29.3. The lowest BCUT2D eigenvalue weighted by molar-refractivity contribution is -0.377. The number of unbranched alkanes of at least 4 members (excludes halogenated alkanes) is 14. The molecular weight excluding hydrogens is 672 g/mol. The number of carbonyl (C=O) groups is 4. The average molecular weight is 735 g/mol. The molecule has 0 aliphatic carbocycles. The van der Waals surface area contributed by atoms with E-state index in [0.29, 0.717) is 6.42 Å². The summed E-state index contributed by atoms with van der Waals surface area (Å²) in [6.07, 6.45) is 1.17. The van der Waals surface area contributed by atoms with Crippen molar-refractivity contribution in [3.05, 3.63) is 0 Å². The molecule has 2 rings (SSSR count). The maximum Gasteiger partial charge on any atom is 0.306 e. The van der Waals surface area contributed by atoms with Gasteiger partial charge in [0.25, 0.3) is 0 Å². The fourth-order valence-electron chi connectivity index (χ4n) is 6.14. The van der Waals surface area contributed by atoms with Crippen LogP contribution in [0, 0.1) is 0 Å². The largest absolute Gasteiger partial charge is 0.463 e. The summed E-state index contributed by atoms with van der Waals surface area (Å²) in [5.74, 6) is -2.90. The Morgan fingerprint density at radius 2 is 0.961 bits per heavy atom. The Morgan fingerprint density at radius 1 is 0.510 bits per heavy atom. The SMILES string of the molecule is CCCCCCCCCCCCCCCCCC(=O)O[C@H]1[C@@H](O[C@H]2O[C@H](COC(C)=O)[C@@H](O)[C@H](O)[C@H]2O)O[C@H](COC(C)=O)[C@@H](O)[C@@H]1OC(C)=O. The topological polar surface area (TPSA) is 214 Å². The van der Waals surface area contributed by atoms with Gasteiger partial charge in [0, 0.05) is 27.2 Å². The number of esters is 4. The summed E-state index contributed by atoms with van der Waals surface area (Å²) in [4.78, 5) is 48.0. The first-order chi connectivity index (χ1) is 24.3. The van der Waals surface area contributed by atoms with Crippen LogP contribution in [0.15, 0.2) is 0 Å². The van der Waals surface area contributed by atoms with Crippen LogP contribution in [0.2, 0.25) is 0 Å². The van der Waals surface area contributed by atoms with Crippen molar-refractivity contribution in [3.8, 4) is 0 Å². The fourth-order valence-corrected chi connectivity index (χ4v) is 6.14. The Labute approximate surface area is 301 Å². The third-order valence-electron chi connectivity index (χ3n) is 9.01. The first-order valence-electron chi connectivity index (χ1n) is 18.7. The van der Waals surface area contributed by atoms with Gasteiger partial charge < -0.3 is 53.6 Å². The van der Waals surface area contributed by atoms with E-state index in [2.05, 4.69) is 6.92 Å². The average Bonchev–Trinajstić information content (AvgIpc) is 3.07. The van der Waals surface area contributed by atoms with E-state index in [1.807, 2.05) is 0 Å². The molecule has 2 aliphatic heterocycles. The standard InChI is InChI=1S/C36H62O15/c1-5-6-7-8-9-10-11-12-13-14-15-16-17-18-19-20-28(40)50-34-33(47-25(4)39)30(42)27(22-46-24(3)38)49-36(34)51-35-32(44)31(43)29(41)26(48-35)21-45-23(2)37/h26-27,29-36,41-44H,5-22H2,1-4H3/t26-,27-,29-,30-,31+,32-,33+,34-,35-,36-/m1/s1. The molecule has 0 unspecified atom stereocenters. The van der Waals surface area contributed by atoms with Crippen LogP contribution in [0.3, 0.4) is 0 Å². The van der Waals surface area contributed by atoms with Crippen molar-refractivity contribution in [3.63, 3.8) is 0 Å². The van der Waals surface area contributed by atoms with Gasteiger partial charge in [-0.3, -0.25) is 19.2 Å². The molecule has 0 amide bonds. The zero-order chi connectivity index (χ0) is 37.8. The molecule has 0 saturated carbocycles. The second-order valence-electron chi connectivity index (χ2n) is 13.5. The molecule has 0 spiro atoms. The molecule has 2 heterocycles. The van der Waals surface area contributed by atoms with Gasteiger partial charge in [-0.25, -0.2) is 0 Å². The van der Waals surface area contributed by atoms with E-state index < -0.39 is 98.5 Å². The second-order valence-corrected chi connectivity index (χ2v) is 13.5. The number of hydrogen-bond donors (Lipinski definition) is 4. The predicted molar refractivity (Wildman–Crippen MR) is 181 cm³/mol. The van der Waals surface area contributed by atoms with Gasteiger partial charge in [0.1, 0.15) is 49.8 Å². The molecule has 2 saturated heterocycles. The highest BCUT2D eigenvalue weighted by Crippen LogP contribution is 2.32. The number of aliphatic hydroxyl groups is 4. The van der Waals surface area contributed by atoms with Crippen LogP contribution in [0.1, 0.15) is 130 Å². The molecule has 2 aliphatic rings. The molecule has 15 nitrogen and oxygen atoms in total. The highest BCUT2D eigenvalue weighted by molar-refractivity contribution is 5.70. The van der Waals surface area contributed by atoms with Gasteiger partial charge in [-0.05, 0) is 6.42 Å². The molecule has 0 aromatic rings. The second kappa shape index (κ2) is 24.8. The summed E-state index contributed by atoms with van der Waals surface area (Å²) < 4.78 is 38.1. The summed E-state index contributed by atoms with van der Waals surface area (Å²) in [5, 5.41) is 42.6. The molecule has 0 bridgehead atoms. The lowest BCUT2D eigenvalue weighted by Crippen LogP contribution is -2.65. The molecular formula is C36H62O15. The van der Waals surface area contributed by atoms with Gasteiger partial charge >= 0.3 is 23.9 Å². The lowest BCUT2D eigenvalue weighted by Gasteiger charge is -2.46. The first kappa shape index (κ1) is 44.8. The van der Waals surface area contributed by atoms with E-state index in [9.17, 15) is 39.6 Å². The van der Waals surface area contributed by atoms with Crippen molar-refractivity contribution in [2.75, 3.05) is 13.2 Å². The Kier molecular flexibility index (Phi) is 21.7. The van der Waals surface area contributed by atoms with Gasteiger partial charge in [-0.1, -0.05) is 96.8 Å². The summed E-state index contributed by atoms with van der Waals surface area (Å²) >= 11 is 0. The van der Waals surface area contributed by atoms with Crippen molar-refractivity contribution in [2.24, 2.45) is 0 Å². The monoisotopic (exact) mass is 734 g/mol. The number of aliphatic hydroxyl groups excluding tert-OH is 4. The molecule has 0 aromatic heterocycles. The highest BCUT2D eigenvalue weighted by atomic mass is 16.8. The quantitative estimate of drug-likeness (QED) is 0.0637. The Morgan fingerprint density at radius 3 is 1.43 bits per heavy atom. The molecule has 4 N–H and O–H groups in total. The van der Waals surface area contributed by atoms with Crippen molar-refractivity contribution in [2.45, 2.75) is 192 Å². The van der Waals surface area contributed by atoms with Crippen molar-refractivity contribution in [1.82, 2.24) is 0 Å². The number of rotatable bonds is 24. The number of hydrogen-bond acceptors (Lipinski definition) is 15. The fraction of sp³-hybridized carbons (Fsp3) is 0.889. The van der Waals surface area contributed by atoms with Crippen molar-refractivity contribution < 1.29 is 72.8 Å². The molecule has 2 fully saturated rings. The Bertz CT molecular complexity index is 1020. The minimum Gasteiger partial charge on any atom is -0.463 e. The Balaban J connectivity index is 1.97. The molecule has 296 valence electrons. The number of ether oxygens (including phenoxy) is 7. The highest BCUT2D eigenvalue weighted by Gasteiger charge is 2.53. The Hall–Kier alpha value is -2.40. The summed E-state index contributed by atoms with van der Waals surface area (Å²) in [5.41, 5.74) is 0. The van der Waals surface area contributed by atoms with Crippen LogP contribution >= 0.6 is 0 Å². The van der Waals surface area contributed by atoms with E-state index in [-0.39, 0.29) is 6.42 Å². The molecule has 0 radical (unpaired) electrons. The van der Waals surface area contributed by atoms with E-state index in [0.717, 1.165) is 46.5 Å². The summed E-state index contributed by atoms with van der Waals surface area (Å²) in [6.45, 7) is 4.59. The van der Waals surface area contributed by atoms with Crippen LogP contribution in [0.5, 0.6) is 0 Å². The number of carbonyl (C=O) groups excluding carboxylic acids is 4. The molecule has 0 aromatic carbocycles. The maximum atomic E-state index is 13.1. The maximum absolute atomic E-state index is 13.1. The predicted octanol–water partition coefficient (Wildman–Crippen LogP) is 3.13. The van der Waals surface area contributed by atoms with Crippen LogP contribution in [-0.4, -0.2) is 119 Å². The summed E-state index contributed by atoms with van der Waals surface area (Å²) in [7, 11) is 0. The van der Waals surface area contributed by atoms with Gasteiger partial charge in [-0.2, -0.15) is 0 Å². The molecule has 10 atom stereocenters. The molecule has 15 heteroatoms. The van der Waals surface area contributed by atoms with E-state index in [4.69, 9.17) is 33.2 Å². The van der Waals surface area contributed by atoms with Crippen LogP contribution < -0.4 is 0 Å². The van der Waals surface area contributed by atoms with Crippen molar-refractivity contribution >= 4 is 23.9 Å². The minimum absolute atomic E-state index is 0.0131. The van der Waals surface area contributed by atoms with E-state index >= 15 is 0 Å². The van der Waals surface area contributed by atoms with E-state index in [1.54, 1.807) is 0 Å². The smallest absolute Gasteiger partial charge is 0.306 e. The van der Waals surface area contributed by atoms with Gasteiger partial charge in [0.05, 0.1) is 0 Å². The van der Waals surface area contributed by atoms with E-state index in [1.165, 1.54) is 64.2 Å². The van der Waals surface area contributed by atoms with Gasteiger partial charge in [0.2, 0.25) is 6.29 Å². The first-order valence-corrected chi connectivity index (χ1v) is 18.7. The summed E-state index contributed by atoms with van der Waals surface area (Å²) in [6, 6.07) is 0. The van der Waals surface area contributed by atoms with Crippen LogP contribution in [0.4, 0.5) is 0 Å². The van der Waals surface area contributed by atoms with Crippen molar-refractivity contribution in [1.29, 1.82) is 0 Å². The van der Waals surface area contributed by atoms with Crippen LogP contribution in [0.25, 0.3) is 0 Å². The third-order valence-corrected chi connectivity index (χ3v) is 9.01. The van der Waals surface area contributed by atoms with Gasteiger partial charge in [0.15, 0.2) is 18.5 Å².